The average Bonchev–Trinajstić information content (AvgIpc) is 2.99. The van der Waals surface area contributed by atoms with E-state index in [0.717, 1.165) is 25.6 Å². The smallest absolute Gasteiger partial charge is 0.163 e. The number of nitrogens with zero attached hydrogens (tertiary/aromatic N) is 1. The van der Waals surface area contributed by atoms with Gasteiger partial charge >= 0.3 is 0 Å². The van der Waals surface area contributed by atoms with Crippen molar-refractivity contribution in [3.8, 4) is 0 Å². The minimum absolute atomic E-state index is 0.252. The molecule has 0 saturated carbocycles. The van der Waals surface area contributed by atoms with Crippen LogP contribution in [0.4, 0.5) is 8.78 Å². The van der Waals surface area contributed by atoms with Gasteiger partial charge in [-0.15, -0.1) is 11.3 Å². The summed E-state index contributed by atoms with van der Waals surface area (Å²) >= 11 is 1.75. The second-order valence-corrected chi connectivity index (χ2v) is 6.20. The van der Waals surface area contributed by atoms with Gasteiger partial charge in [0.25, 0.3) is 0 Å². The first-order valence-electron chi connectivity index (χ1n) is 6.98. The molecule has 1 aromatic carbocycles. The fraction of sp³-hybridized carbons (Fsp3) is 0.375. The zero-order valence-corrected chi connectivity index (χ0v) is 12.9. The molecule has 0 aliphatic rings. The summed E-state index contributed by atoms with van der Waals surface area (Å²) in [7, 11) is 2.02. The van der Waals surface area contributed by atoms with Gasteiger partial charge < -0.3 is 10.6 Å². The first kappa shape index (κ1) is 16.1. The van der Waals surface area contributed by atoms with Crippen LogP contribution in [0.15, 0.2) is 35.7 Å². The summed E-state index contributed by atoms with van der Waals surface area (Å²) < 4.78 is 26.8. The average molecular weight is 310 g/mol. The van der Waals surface area contributed by atoms with Crippen LogP contribution in [-0.2, 0) is 6.42 Å². The minimum Gasteiger partial charge on any atom is -0.324 e. The summed E-state index contributed by atoms with van der Waals surface area (Å²) in [5, 5.41) is 2.07. The Morgan fingerprint density at radius 1 is 1.19 bits per heavy atom. The maximum atomic E-state index is 13.6. The number of hydrogen-bond donors (Lipinski definition) is 1. The third kappa shape index (κ3) is 4.59. The summed E-state index contributed by atoms with van der Waals surface area (Å²) in [5.74, 6) is -1.67. The highest BCUT2D eigenvalue weighted by Crippen LogP contribution is 2.20. The third-order valence-corrected chi connectivity index (χ3v) is 4.46. The second kappa shape index (κ2) is 7.64. The number of rotatable bonds is 7. The zero-order valence-electron chi connectivity index (χ0n) is 12.1. The molecule has 1 heterocycles. The Labute approximate surface area is 128 Å². The Bertz CT molecular complexity index is 557. The molecule has 0 bridgehead atoms. The lowest BCUT2D eigenvalue weighted by Gasteiger charge is -2.19. The minimum atomic E-state index is -0.839. The van der Waals surface area contributed by atoms with Crippen LogP contribution in [0, 0.1) is 11.6 Å². The molecular weight excluding hydrogens is 290 g/mol. The predicted molar refractivity (Wildman–Crippen MR) is 83.4 cm³/mol. The van der Waals surface area contributed by atoms with Crippen molar-refractivity contribution in [2.45, 2.75) is 18.9 Å². The fourth-order valence-electron chi connectivity index (χ4n) is 2.19. The van der Waals surface area contributed by atoms with Crippen molar-refractivity contribution in [2.75, 3.05) is 20.1 Å². The highest BCUT2D eigenvalue weighted by Gasteiger charge is 2.15. The first-order valence-corrected chi connectivity index (χ1v) is 7.86. The number of nitrogens with two attached hydrogens (primary N) is 1. The largest absolute Gasteiger partial charge is 0.324 e. The maximum absolute atomic E-state index is 13.6. The van der Waals surface area contributed by atoms with Crippen molar-refractivity contribution >= 4 is 11.3 Å². The van der Waals surface area contributed by atoms with E-state index in [4.69, 9.17) is 5.73 Å². The molecule has 0 radical (unpaired) electrons. The fourth-order valence-corrected chi connectivity index (χ4v) is 2.89. The van der Waals surface area contributed by atoms with Crippen LogP contribution in [0.5, 0.6) is 0 Å². The van der Waals surface area contributed by atoms with E-state index in [0.29, 0.717) is 6.42 Å². The van der Waals surface area contributed by atoms with Crippen molar-refractivity contribution in [3.63, 3.8) is 0 Å². The zero-order chi connectivity index (χ0) is 15.2. The van der Waals surface area contributed by atoms with Crippen molar-refractivity contribution < 1.29 is 8.78 Å². The third-order valence-electron chi connectivity index (χ3n) is 3.52. The van der Waals surface area contributed by atoms with Gasteiger partial charge in [-0.1, -0.05) is 18.2 Å². The van der Waals surface area contributed by atoms with Crippen molar-refractivity contribution in [3.05, 3.63) is 57.8 Å². The van der Waals surface area contributed by atoms with Crippen LogP contribution in [0.3, 0.4) is 0 Å². The lowest BCUT2D eigenvalue weighted by Crippen LogP contribution is -2.26. The SMILES string of the molecule is CN(CCc1cccs1)CCC(N)c1cccc(F)c1F. The number of likely N-dealkylation sites (N-methyl/N-ethyl adjacent to an activating group) is 1. The molecule has 114 valence electrons. The van der Waals surface area contributed by atoms with E-state index in [1.54, 1.807) is 17.4 Å². The van der Waals surface area contributed by atoms with Crippen LogP contribution in [-0.4, -0.2) is 25.0 Å². The molecule has 1 unspecified atom stereocenters. The Balaban J connectivity index is 1.80. The van der Waals surface area contributed by atoms with Crippen LogP contribution in [0.2, 0.25) is 0 Å². The molecule has 2 aromatic rings. The lowest BCUT2D eigenvalue weighted by molar-refractivity contribution is 0.321. The standard InChI is InChI=1S/C16H20F2N2S/c1-20(9-7-12-4-3-11-21-12)10-8-15(19)13-5-2-6-14(17)16(13)18/h2-6,11,15H,7-10,19H2,1H3. The summed E-state index contributed by atoms with van der Waals surface area (Å²) in [6.07, 6.45) is 1.60. The van der Waals surface area contributed by atoms with E-state index in [-0.39, 0.29) is 5.56 Å². The number of benzene rings is 1. The van der Waals surface area contributed by atoms with Crippen molar-refractivity contribution in [1.29, 1.82) is 0 Å². The summed E-state index contributed by atoms with van der Waals surface area (Å²) in [6, 6.07) is 7.83. The molecule has 21 heavy (non-hydrogen) atoms. The second-order valence-electron chi connectivity index (χ2n) is 5.17. The molecule has 0 aliphatic heterocycles. The number of halogens is 2. The lowest BCUT2D eigenvalue weighted by atomic mass is 10.0. The molecule has 1 atom stereocenters. The summed E-state index contributed by atoms with van der Waals surface area (Å²) in [4.78, 5) is 3.51. The number of hydrogen-bond acceptors (Lipinski definition) is 3. The van der Waals surface area contributed by atoms with E-state index in [1.165, 1.54) is 10.9 Å². The normalized spacial score (nSPS) is 12.8. The topological polar surface area (TPSA) is 29.3 Å². The van der Waals surface area contributed by atoms with E-state index in [9.17, 15) is 8.78 Å². The Hall–Kier alpha value is -1.30. The molecule has 0 spiro atoms. The highest BCUT2D eigenvalue weighted by atomic mass is 32.1. The van der Waals surface area contributed by atoms with E-state index in [2.05, 4.69) is 16.3 Å². The van der Waals surface area contributed by atoms with Gasteiger partial charge in [-0.05, 0) is 43.9 Å². The number of thiophene rings is 1. The Kier molecular flexibility index (Phi) is 5.85. The van der Waals surface area contributed by atoms with Crippen LogP contribution >= 0.6 is 11.3 Å². The first-order chi connectivity index (χ1) is 10.1. The highest BCUT2D eigenvalue weighted by molar-refractivity contribution is 7.09. The van der Waals surface area contributed by atoms with Gasteiger partial charge in [0, 0.05) is 23.0 Å². The van der Waals surface area contributed by atoms with Gasteiger partial charge in [0.2, 0.25) is 0 Å². The Morgan fingerprint density at radius 3 is 2.71 bits per heavy atom. The molecule has 0 aliphatic carbocycles. The maximum Gasteiger partial charge on any atom is 0.163 e. The molecular formula is C16H20F2N2S. The molecule has 0 saturated heterocycles. The quantitative estimate of drug-likeness (QED) is 0.847. The molecule has 2 N–H and O–H groups in total. The predicted octanol–water partition coefficient (Wildman–Crippen LogP) is 3.59. The van der Waals surface area contributed by atoms with Crippen molar-refractivity contribution in [2.24, 2.45) is 5.73 Å². The van der Waals surface area contributed by atoms with E-state index in [1.807, 2.05) is 13.1 Å². The Morgan fingerprint density at radius 2 is 2.00 bits per heavy atom. The van der Waals surface area contributed by atoms with Gasteiger partial charge in [-0.2, -0.15) is 0 Å². The van der Waals surface area contributed by atoms with Gasteiger partial charge in [0.1, 0.15) is 0 Å². The monoisotopic (exact) mass is 310 g/mol. The van der Waals surface area contributed by atoms with Crippen molar-refractivity contribution in [1.82, 2.24) is 4.90 Å². The summed E-state index contributed by atoms with van der Waals surface area (Å²) in [5.41, 5.74) is 6.22. The van der Waals surface area contributed by atoms with Crippen LogP contribution in [0.1, 0.15) is 22.9 Å². The van der Waals surface area contributed by atoms with Crippen LogP contribution < -0.4 is 5.73 Å². The van der Waals surface area contributed by atoms with E-state index >= 15 is 0 Å². The summed E-state index contributed by atoms with van der Waals surface area (Å²) in [6.45, 7) is 1.68. The molecule has 0 amide bonds. The van der Waals surface area contributed by atoms with Gasteiger partial charge in [0.05, 0.1) is 0 Å². The molecule has 1 aromatic heterocycles. The van der Waals surface area contributed by atoms with Gasteiger partial charge in [-0.25, -0.2) is 8.78 Å². The van der Waals surface area contributed by atoms with Gasteiger partial charge in [-0.3, -0.25) is 0 Å². The van der Waals surface area contributed by atoms with E-state index < -0.39 is 17.7 Å². The molecule has 2 rings (SSSR count). The molecule has 5 heteroatoms. The van der Waals surface area contributed by atoms with Crippen LogP contribution in [0.25, 0.3) is 0 Å². The molecule has 2 nitrogen and oxygen atoms in total. The molecule has 0 fully saturated rings. The van der Waals surface area contributed by atoms with Gasteiger partial charge in [0.15, 0.2) is 11.6 Å².